The monoisotopic (exact) mass is 312 g/mol. The minimum atomic E-state index is -0.536. The van der Waals surface area contributed by atoms with Gasteiger partial charge in [0.2, 0.25) is 0 Å². The van der Waals surface area contributed by atoms with E-state index in [0.29, 0.717) is 18.1 Å². The number of hydrogen-bond acceptors (Lipinski definition) is 5. The van der Waals surface area contributed by atoms with Gasteiger partial charge in [0.25, 0.3) is 0 Å². The van der Waals surface area contributed by atoms with E-state index >= 15 is 0 Å². The molecule has 0 saturated carbocycles. The molecule has 1 aromatic carbocycles. The molecule has 6 nitrogen and oxygen atoms in total. The zero-order chi connectivity index (χ0) is 16.2. The zero-order valence-electron chi connectivity index (χ0n) is 13.0. The lowest BCUT2D eigenvalue weighted by atomic mass is 10.1. The summed E-state index contributed by atoms with van der Waals surface area (Å²) in [5.41, 5.74) is 9.04. The summed E-state index contributed by atoms with van der Waals surface area (Å²) in [6.07, 6.45) is 1.56. The quantitative estimate of drug-likeness (QED) is 0.805. The largest absolute Gasteiger partial charge is 0.450 e. The summed E-state index contributed by atoms with van der Waals surface area (Å²) in [6, 6.07) is 12.2. The van der Waals surface area contributed by atoms with Crippen molar-refractivity contribution in [2.45, 2.75) is 25.8 Å². The first-order chi connectivity index (χ1) is 11.2. The normalized spacial score (nSPS) is 15.8. The average Bonchev–Trinajstić information content (AvgIpc) is 2.94. The second-order valence-corrected chi connectivity index (χ2v) is 5.41. The van der Waals surface area contributed by atoms with Gasteiger partial charge in [0.15, 0.2) is 0 Å². The van der Waals surface area contributed by atoms with Gasteiger partial charge in [-0.25, -0.2) is 9.78 Å². The Morgan fingerprint density at radius 3 is 2.96 bits per heavy atom. The van der Waals surface area contributed by atoms with E-state index in [1.807, 2.05) is 6.07 Å². The molecule has 1 heterocycles. The van der Waals surface area contributed by atoms with Gasteiger partial charge in [-0.2, -0.15) is 0 Å². The first-order valence-corrected chi connectivity index (χ1v) is 7.72. The topological polar surface area (TPSA) is 89.3 Å². The predicted octanol–water partition coefficient (Wildman–Crippen LogP) is 3.33. The molecule has 1 amide bonds. The smallest absolute Gasteiger partial charge is 0.411 e. The number of hydrogen-bond donors (Lipinski definition) is 3. The van der Waals surface area contributed by atoms with Gasteiger partial charge in [-0.1, -0.05) is 24.3 Å². The molecule has 1 atom stereocenters. The first kappa shape index (κ1) is 15.1. The Labute approximate surface area is 135 Å². The van der Waals surface area contributed by atoms with Gasteiger partial charge in [0.1, 0.15) is 11.6 Å². The van der Waals surface area contributed by atoms with E-state index in [4.69, 9.17) is 10.5 Å². The van der Waals surface area contributed by atoms with Crippen molar-refractivity contribution in [1.82, 2.24) is 4.98 Å². The van der Waals surface area contributed by atoms with E-state index in [2.05, 4.69) is 33.8 Å². The molecule has 0 aliphatic heterocycles. The van der Waals surface area contributed by atoms with Crippen molar-refractivity contribution in [3.05, 3.63) is 47.5 Å². The maximum atomic E-state index is 11.4. The number of nitrogens with two attached hydrogens (primary N) is 1. The number of ether oxygens (including phenoxy) is 1. The Morgan fingerprint density at radius 2 is 2.17 bits per heavy atom. The average molecular weight is 312 g/mol. The van der Waals surface area contributed by atoms with Crippen LogP contribution in [0.5, 0.6) is 0 Å². The molecule has 0 saturated heterocycles. The Kier molecular flexibility index (Phi) is 4.32. The number of fused-ring (bicyclic) bond motifs is 1. The molecule has 1 unspecified atom stereocenters. The van der Waals surface area contributed by atoms with Crippen molar-refractivity contribution in [3.8, 4) is 0 Å². The van der Waals surface area contributed by atoms with Crippen LogP contribution in [0, 0.1) is 0 Å². The Hall–Kier alpha value is -2.76. The number of carbonyl (C=O) groups excluding carboxylic acids is 1. The summed E-state index contributed by atoms with van der Waals surface area (Å²) >= 11 is 0. The highest BCUT2D eigenvalue weighted by molar-refractivity contribution is 5.88. The van der Waals surface area contributed by atoms with Gasteiger partial charge in [-0.3, -0.25) is 5.32 Å². The second kappa shape index (κ2) is 6.56. The molecule has 0 radical (unpaired) electrons. The number of aryl methyl sites for hydroxylation is 1. The maximum Gasteiger partial charge on any atom is 0.411 e. The predicted molar refractivity (Wildman–Crippen MR) is 90.4 cm³/mol. The van der Waals surface area contributed by atoms with E-state index in [9.17, 15) is 4.79 Å². The minimum absolute atomic E-state index is 0.238. The third-order valence-corrected chi connectivity index (χ3v) is 3.89. The zero-order valence-corrected chi connectivity index (χ0v) is 13.0. The lowest BCUT2D eigenvalue weighted by Gasteiger charge is -2.16. The van der Waals surface area contributed by atoms with Crippen LogP contribution >= 0.6 is 0 Å². The number of nitrogens with one attached hydrogen (secondary N) is 2. The minimum Gasteiger partial charge on any atom is -0.450 e. The van der Waals surface area contributed by atoms with Gasteiger partial charge in [-0.05, 0) is 43.0 Å². The number of benzene rings is 1. The van der Waals surface area contributed by atoms with Gasteiger partial charge in [0, 0.05) is 0 Å². The summed E-state index contributed by atoms with van der Waals surface area (Å²) in [5, 5.41) is 5.98. The van der Waals surface area contributed by atoms with Gasteiger partial charge in [-0.15, -0.1) is 0 Å². The molecule has 1 aliphatic carbocycles. The fraction of sp³-hybridized carbons (Fsp3) is 0.294. The summed E-state index contributed by atoms with van der Waals surface area (Å²) in [5.74, 6) is 0.952. The van der Waals surface area contributed by atoms with Crippen molar-refractivity contribution in [3.63, 3.8) is 0 Å². The second-order valence-electron chi connectivity index (χ2n) is 5.41. The van der Waals surface area contributed by atoms with Crippen molar-refractivity contribution in [2.75, 3.05) is 23.0 Å². The van der Waals surface area contributed by atoms with Crippen molar-refractivity contribution >= 4 is 23.4 Å². The first-order valence-electron chi connectivity index (χ1n) is 7.72. The van der Waals surface area contributed by atoms with Crippen molar-refractivity contribution < 1.29 is 9.53 Å². The molecule has 23 heavy (non-hydrogen) atoms. The van der Waals surface area contributed by atoms with Crippen LogP contribution in [0.2, 0.25) is 0 Å². The summed E-state index contributed by atoms with van der Waals surface area (Å²) < 4.78 is 4.83. The number of pyridine rings is 1. The number of nitrogens with zero attached hydrogens (tertiary/aromatic N) is 1. The number of rotatable bonds is 4. The molecule has 0 spiro atoms. The summed E-state index contributed by atoms with van der Waals surface area (Å²) in [6.45, 7) is 2.05. The number of carbonyl (C=O) groups is 1. The molecule has 1 aromatic heterocycles. The molecule has 4 N–H and O–H groups in total. The Morgan fingerprint density at radius 1 is 1.35 bits per heavy atom. The van der Waals surface area contributed by atoms with Crippen LogP contribution in [-0.4, -0.2) is 17.7 Å². The highest BCUT2D eigenvalue weighted by Gasteiger charge is 2.22. The Bertz CT molecular complexity index is 717. The molecule has 0 bridgehead atoms. The van der Waals surface area contributed by atoms with Gasteiger partial charge < -0.3 is 15.8 Å². The van der Waals surface area contributed by atoms with Gasteiger partial charge >= 0.3 is 6.09 Å². The van der Waals surface area contributed by atoms with Crippen LogP contribution in [0.15, 0.2) is 36.4 Å². The van der Waals surface area contributed by atoms with Crippen LogP contribution in [0.3, 0.4) is 0 Å². The van der Waals surface area contributed by atoms with Crippen molar-refractivity contribution in [1.29, 1.82) is 0 Å². The van der Waals surface area contributed by atoms with Crippen LogP contribution in [0.25, 0.3) is 0 Å². The number of aromatic nitrogens is 1. The number of nitrogen functional groups attached to an aromatic ring is 1. The van der Waals surface area contributed by atoms with Crippen LogP contribution in [0.1, 0.15) is 30.5 Å². The van der Waals surface area contributed by atoms with E-state index in [1.54, 1.807) is 19.1 Å². The molecule has 6 heteroatoms. The highest BCUT2D eigenvalue weighted by Crippen LogP contribution is 2.33. The molecular formula is C17H20N4O2. The fourth-order valence-electron chi connectivity index (χ4n) is 2.82. The summed E-state index contributed by atoms with van der Waals surface area (Å²) in [4.78, 5) is 15.8. The van der Waals surface area contributed by atoms with E-state index in [-0.39, 0.29) is 11.9 Å². The number of amides is 1. The molecule has 0 fully saturated rings. The third kappa shape index (κ3) is 3.36. The summed E-state index contributed by atoms with van der Waals surface area (Å²) in [7, 11) is 0. The fourth-order valence-corrected chi connectivity index (χ4v) is 2.82. The van der Waals surface area contributed by atoms with Crippen molar-refractivity contribution in [2.24, 2.45) is 0 Å². The molecule has 1 aliphatic rings. The standard InChI is InChI=1S/C17H20N4O2/c1-2-23-17(22)20-14-9-10-15(21-16(14)18)19-13-8-7-11-5-3-4-6-12(11)13/h3-6,9-10,13H,2,7-8H2,1H3,(H,20,22)(H3,18,19,21). The van der Waals surface area contributed by atoms with E-state index in [0.717, 1.165) is 12.8 Å². The Balaban J connectivity index is 1.70. The van der Waals surface area contributed by atoms with Crippen LogP contribution in [0.4, 0.5) is 22.1 Å². The van der Waals surface area contributed by atoms with Crippen LogP contribution in [-0.2, 0) is 11.2 Å². The van der Waals surface area contributed by atoms with Crippen LogP contribution < -0.4 is 16.4 Å². The third-order valence-electron chi connectivity index (χ3n) is 3.89. The molecule has 2 aromatic rings. The van der Waals surface area contributed by atoms with Gasteiger partial charge in [0.05, 0.1) is 18.3 Å². The lowest BCUT2D eigenvalue weighted by Crippen LogP contribution is -2.15. The maximum absolute atomic E-state index is 11.4. The van der Waals surface area contributed by atoms with E-state index < -0.39 is 6.09 Å². The molecule has 3 rings (SSSR count). The highest BCUT2D eigenvalue weighted by atomic mass is 16.5. The SMILES string of the molecule is CCOC(=O)Nc1ccc(NC2CCc3ccccc32)nc1N. The lowest BCUT2D eigenvalue weighted by molar-refractivity contribution is 0.168. The molecule has 120 valence electrons. The molecular weight excluding hydrogens is 292 g/mol. The van der Waals surface area contributed by atoms with E-state index in [1.165, 1.54) is 11.1 Å². The number of anilines is 3.